The van der Waals surface area contributed by atoms with Gasteiger partial charge in [0.25, 0.3) is 5.91 Å². The van der Waals surface area contributed by atoms with Gasteiger partial charge in [-0.1, -0.05) is 0 Å². The van der Waals surface area contributed by atoms with E-state index in [9.17, 15) is 26.7 Å². The maximum absolute atomic E-state index is 14.6. The fraction of sp³-hybridized carbons (Fsp3) is 0.185. The van der Waals surface area contributed by atoms with Crippen molar-refractivity contribution < 1.29 is 26.7 Å². The van der Waals surface area contributed by atoms with E-state index >= 15 is 0 Å². The Balaban J connectivity index is 1.30. The van der Waals surface area contributed by atoms with Crippen LogP contribution in [0, 0.1) is 33.9 Å². The molecule has 4 heterocycles. The van der Waals surface area contributed by atoms with Crippen LogP contribution in [0.15, 0.2) is 54.9 Å². The molecule has 1 amide bonds. The van der Waals surface area contributed by atoms with Crippen molar-refractivity contribution in [3.8, 4) is 16.9 Å². The van der Waals surface area contributed by atoms with Gasteiger partial charge >= 0.3 is 0 Å². The first-order valence-electron chi connectivity index (χ1n) is 12.3. The highest BCUT2D eigenvalue weighted by Crippen LogP contribution is 2.31. The smallest absolute Gasteiger partial charge is 0.274 e. The molecule has 1 aliphatic rings. The van der Waals surface area contributed by atoms with Gasteiger partial charge in [0.15, 0.2) is 39.6 Å². The molecule has 0 bridgehead atoms. The summed E-state index contributed by atoms with van der Waals surface area (Å²) in [5.41, 5.74) is 1.15. The zero-order chi connectivity index (χ0) is 28.1. The fourth-order valence-corrected chi connectivity index (χ4v) is 5.41. The Morgan fingerprint density at radius 2 is 1.68 bits per heavy atom. The largest absolute Gasteiger partial charge is 0.337 e. The summed E-state index contributed by atoms with van der Waals surface area (Å²) in [6, 6.07) is 8.55. The summed E-state index contributed by atoms with van der Waals surface area (Å²) in [7, 11) is 0. The zero-order valence-corrected chi connectivity index (χ0v) is 21.4. The van der Waals surface area contributed by atoms with Crippen LogP contribution in [-0.4, -0.2) is 48.2 Å². The van der Waals surface area contributed by atoms with E-state index in [0.29, 0.717) is 29.6 Å². The second-order valence-corrected chi connectivity index (χ2v) is 9.76. The van der Waals surface area contributed by atoms with Crippen molar-refractivity contribution in [1.82, 2.24) is 29.2 Å². The highest BCUT2D eigenvalue weighted by molar-refractivity contribution is 7.71. The lowest BCUT2D eigenvalue weighted by Crippen LogP contribution is -2.39. The van der Waals surface area contributed by atoms with Crippen LogP contribution in [0.5, 0.6) is 0 Å². The van der Waals surface area contributed by atoms with Crippen LogP contribution >= 0.6 is 12.2 Å². The molecule has 13 heteroatoms. The molecular formula is C27H19F5N6OS. The maximum Gasteiger partial charge on any atom is 0.274 e. The Labute approximate surface area is 228 Å². The van der Waals surface area contributed by atoms with Crippen molar-refractivity contribution in [3.63, 3.8) is 0 Å². The summed E-state index contributed by atoms with van der Waals surface area (Å²) in [5.74, 6) is -6.83. The predicted molar refractivity (Wildman–Crippen MR) is 138 cm³/mol. The van der Waals surface area contributed by atoms with Gasteiger partial charge in [0, 0.05) is 49.2 Å². The van der Waals surface area contributed by atoms with E-state index < -0.39 is 35.0 Å². The number of carbonyl (C=O) groups is 1. The first-order chi connectivity index (χ1) is 19.2. The number of pyridine rings is 1. The summed E-state index contributed by atoms with van der Waals surface area (Å²) in [4.78, 5) is 22.0. The van der Waals surface area contributed by atoms with E-state index in [1.54, 1.807) is 21.6 Å². The van der Waals surface area contributed by atoms with E-state index in [1.165, 1.54) is 24.5 Å². The van der Waals surface area contributed by atoms with Crippen molar-refractivity contribution in [2.45, 2.75) is 18.9 Å². The number of piperidine rings is 1. The molecular weight excluding hydrogens is 551 g/mol. The van der Waals surface area contributed by atoms with E-state index in [0.717, 1.165) is 22.9 Å². The summed E-state index contributed by atoms with van der Waals surface area (Å²) in [6.07, 6.45) is 3.86. The number of likely N-dealkylation sites (tertiary alicyclic amines) is 1. The SMILES string of the molecule is O=C(c1cc(-c2cccnc2)n(-c2cc(F)c(F)c(F)c2)n1)N1CCC(n2c(=S)[nH]c3ccc(F)c(F)c32)CC1. The summed E-state index contributed by atoms with van der Waals surface area (Å²) in [6.45, 7) is 0.535. The van der Waals surface area contributed by atoms with Gasteiger partial charge in [-0.3, -0.25) is 9.78 Å². The van der Waals surface area contributed by atoms with Gasteiger partial charge in [-0.05, 0) is 55.4 Å². The van der Waals surface area contributed by atoms with E-state index in [2.05, 4.69) is 15.1 Å². The Morgan fingerprint density at radius 3 is 2.35 bits per heavy atom. The van der Waals surface area contributed by atoms with Crippen LogP contribution in [0.3, 0.4) is 0 Å². The van der Waals surface area contributed by atoms with Gasteiger partial charge in [-0.2, -0.15) is 5.10 Å². The molecule has 0 saturated carbocycles. The number of nitrogens with one attached hydrogen (secondary N) is 1. The maximum atomic E-state index is 14.6. The number of H-pyrrole nitrogens is 1. The molecule has 6 rings (SSSR count). The van der Waals surface area contributed by atoms with Crippen molar-refractivity contribution in [2.75, 3.05) is 13.1 Å². The summed E-state index contributed by atoms with van der Waals surface area (Å²) < 4.78 is 73.2. The molecule has 5 aromatic rings. The van der Waals surface area contributed by atoms with Crippen LogP contribution in [0.4, 0.5) is 22.0 Å². The topological polar surface area (TPSA) is 71.7 Å². The number of halogens is 5. The molecule has 0 radical (unpaired) electrons. The molecule has 0 unspecified atom stereocenters. The minimum Gasteiger partial charge on any atom is -0.337 e. The lowest BCUT2D eigenvalue weighted by atomic mass is 10.0. The second-order valence-electron chi connectivity index (χ2n) is 9.37. The highest BCUT2D eigenvalue weighted by Gasteiger charge is 2.29. The number of benzene rings is 2. The molecule has 1 aliphatic heterocycles. The van der Waals surface area contributed by atoms with Gasteiger partial charge < -0.3 is 14.5 Å². The zero-order valence-electron chi connectivity index (χ0n) is 20.5. The number of aromatic nitrogens is 5. The molecule has 3 aromatic heterocycles. The third-order valence-electron chi connectivity index (χ3n) is 6.99. The first kappa shape index (κ1) is 25.9. The van der Waals surface area contributed by atoms with Gasteiger partial charge in [-0.25, -0.2) is 26.6 Å². The molecule has 7 nitrogen and oxygen atoms in total. The predicted octanol–water partition coefficient (Wildman–Crippen LogP) is 6.12. The molecule has 0 spiro atoms. The Hall–Kier alpha value is -4.39. The van der Waals surface area contributed by atoms with Crippen molar-refractivity contribution >= 4 is 29.2 Å². The second kappa shape index (κ2) is 9.97. The van der Waals surface area contributed by atoms with Crippen LogP contribution in [0.2, 0.25) is 0 Å². The number of nitrogens with zero attached hydrogens (tertiary/aromatic N) is 5. The van der Waals surface area contributed by atoms with E-state index in [4.69, 9.17) is 12.2 Å². The molecule has 2 aromatic carbocycles. The number of fused-ring (bicyclic) bond motifs is 1. The molecule has 0 atom stereocenters. The number of hydrogen-bond donors (Lipinski definition) is 1. The quantitative estimate of drug-likeness (QED) is 0.161. The van der Waals surface area contributed by atoms with Gasteiger partial charge in [0.05, 0.1) is 16.9 Å². The number of aromatic amines is 1. The highest BCUT2D eigenvalue weighted by atomic mass is 32.1. The van der Waals surface area contributed by atoms with Crippen LogP contribution in [0.1, 0.15) is 29.4 Å². The van der Waals surface area contributed by atoms with E-state index in [-0.39, 0.29) is 40.8 Å². The number of amides is 1. The van der Waals surface area contributed by atoms with Gasteiger partial charge in [-0.15, -0.1) is 0 Å². The summed E-state index contributed by atoms with van der Waals surface area (Å²) in [5, 5.41) is 4.31. The molecule has 0 aliphatic carbocycles. The number of imidazole rings is 1. The van der Waals surface area contributed by atoms with E-state index in [1.807, 2.05) is 0 Å². The minimum absolute atomic E-state index is 0.000680. The molecule has 1 saturated heterocycles. The normalized spacial score (nSPS) is 14.3. The Morgan fingerprint density at radius 1 is 0.950 bits per heavy atom. The van der Waals surface area contributed by atoms with Gasteiger partial charge in [0.2, 0.25) is 0 Å². The van der Waals surface area contributed by atoms with Crippen LogP contribution < -0.4 is 0 Å². The number of rotatable bonds is 4. The molecule has 40 heavy (non-hydrogen) atoms. The van der Waals surface area contributed by atoms with Crippen molar-refractivity contribution in [2.24, 2.45) is 0 Å². The minimum atomic E-state index is -1.61. The Kier molecular flexibility index (Phi) is 6.45. The standard InChI is InChI=1S/C27H19F5N6OS/c28-17-3-4-20-25(24(17)32)37(27(40)34-20)15-5-8-36(9-6-15)26(39)21-12-22(14-2-1-7-33-13-14)38(35-21)16-10-18(29)23(31)19(30)11-16/h1-4,7,10-13,15H,5-6,8-9H2,(H,34,40). The summed E-state index contributed by atoms with van der Waals surface area (Å²) >= 11 is 5.37. The van der Waals surface area contributed by atoms with Gasteiger partial charge in [0.1, 0.15) is 5.52 Å². The van der Waals surface area contributed by atoms with Crippen molar-refractivity contribution in [1.29, 1.82) is 0 Å². The molecule has 204 valence electrons. The third-order valence-corrected chi connectivity index (χ3v) is 7.28. The number of hydrogen-bond acceptors (Lipinski definition) is 4. The molecule has 1 fully saturated rings. The first-order valence-corrected chi connectivity index (χ1v) is 12.7. The average Bonchev–Trinajstić information content (AvgIpc) is 3.55. The average molecular weight is 571 g/mol. The van der Waals surface area contributed by atoms with Crippen LogP contribution in [-0.2, 0) is 0 Å². The fourth-order valence-electron chi connectivity index (χ4n) is 5.06. The van der Waals surface area contributed by atoms with Crippen LogP contribution in [0.25, 0.3) is 28.0 Å². The third kappa shape index (κ3) is 4.35. The number of carbonyl (C=O) groups excluding carboxylic acids is 1. The lowest BCUT2D eigenvalue weighted by Gasteiger charge is -2.32. The van der Waals surface area contributed by atoms with Crippen molar-refractivity contribution in [3.05, 3.63) is 94.4 Å². The lowest BCUT2D eigenvalue weighted by molar-refractivity contribution is 0.0689. The molecule has 1 N–H and O–H groups in total. The Bertz CT molecular complexity index is 1800. The monoisotopic (exact) mass is 570 g/mol.